The summed E-state index contributed by atoms with van der Waals surface area (Å²) >= 11 is 0. The van der Waals surface area contributed by atoms with Gasteiger partial charge in [-0.1, -0.05) is 0 Å². The van der Waals surface area contributed by atoms with E-state index in [-0.39, 0.29) is 18.2 Å². The van der Waals surface area contributed by atoms with E-state index in [0.717, 1.165) is 16.3 Å². The van der Waals surface area contributed by atoms with Gasteiger partial charge in [-0.2, -0.15) is 0 Å². The summed E-state index contributed by atoms with van der Waals surface area (Å²) in [6.45, 7) is 0. The molecule has 17 heavy (non-hydrogen) atoms. The predicted octanol–water partition coefficient (Wildman–Crippen LogP) is 0.864. The number of amides is 2. The summed E-state index contributed by atoms with van der Waals surface area (Å²) in [6, 6.07) is 6.77. The van der Waals surface area contributed by atoms with Crippen LogP contribution in [-0.4, -0.2) is 36.9 Å². The van der Waals surface area contributed by atoms with Crippen molar-refractivity contribution in [2.75, 3.05) is 19.5 Å². The Morgan fingerprint density at radius 2 is 1.94 bits per heavy atom. The number of methoxy groups -OCH3 is 1. The number of benzene rings is 1. The van der Waals surface area contributed by atoms with Gasteiger partial charge in [0, 0.05) is 12.7 Å². The summed E-state index contributed by atoms with van der Waals surface area (Å²) < 4.78 is 5.04. The topological polar surface area (TPSA) is 58.6 Å². The summed E-state index contributed by atoms with van der Waals surface area (Å²) in [7, 11) is 3.09. The minimum absolute atomic E-state index is 0.152. The third-order valence-electron chi connectivity index (χ3n) is 2.81. The molecule has 2 amide bonds. The first-order chi connectivity index (χ1) is 8.11. The highest BCUT2D eigenvalue weighted by Crippen LogP contribution is 2.19. The van der Waals surface area contributed by atoms with Crippen molar-refractivity contribution in [1.82, 2.24) is 4.90 Å². The highest BCUT2D eigenvalue weighted by atomic mass is 16.5. The lowest BCUT2D eigenvalue weighted by molar-refractivity contribution is -0.136. The van der Waals surface area contributed by atoms with E-state index in [1.165, 1.54) is 7.05 Å². The van der Waals surface area contributed by atoms with Crippen molar-refractivity contribution in [1.29, 1.82) is 0 Å². The molecule has 0 saturated carbocycles. The van der Waals surface area contributed by atoms with Crippen molar-refractivity contribution in [3.8, 4) is 5.75 Å². The minimum atomic E-state index is -0.458. The van der Waals surface area contributed by atoms with E-state index < -0.39 is 6.04 Å². The predicted molar refractivity (Wildman–Crippen MR) is 62.8 cm³/mol. The van der Waals surface area contributed by atoms with Crippen molar-refractivity contribution >= 4 is 17.5 Å². The molecule has 1 N–H and O–H groups in total. The second kappa shape index (κ2) is 4.45. The second-order valence-electron chi connectivity index (χ2n) is 3.92. The molecule has 1 aliphatic rings. The fraction of sp³-hybridized carbons (Fsp3) is 0.333. The van der Waals surface area contributed by atoms with Gasteiger partial charge in [-0.25, -0.2) is 0 Å². The van der Waals surface area contributed by atoms with Crippen LogP contribution in [0.25, 0.3) is 0 Å². The molecule has 1 aliphatic heterocycles. The van der Waals surface area contributed by atoms with Crippen LogP contribution in [0, 0.1) is 0 Å². The van der Waals surface area contributed by atoms with Crippen LogP contribution in [0.2, 0.25) is 0 Å². The number of nitrogens with zero attached hydrogens (tertiary/aromatic N) is 1. The molecule has 0 bridgehead atoms. The van der Waals surface area contributed by atoms with Crippen LogP contribution in [0.3, 0.4) is 0 Å². The molecule has 0 aromatic heterocycles. The molecule has 0 spiro atoms. The maximum Gasteiger partial charge on any atom is 0.251 e. The van der Waals surface area contributed by atoms with Gasteiger partial charge in [0.15, 0.2) is 0 Å². The zero-order valence-electron chi connectivity index (χ0n) is 9.77. The molecule has 0 radical (unpaired) electrons. The van der Waals surface area contributed by atoms with Crippen LogP contribution in [0.4, 0.5) is 5.69 Å². The number of hydrogen-bond acceptors (Lipinski definition) is 4. The number of rotatable bonds is 3. The van der Waals surface area contributed by atoms with E-state index in [9.17, 15) is 9.59 Å². The lowest BCUT2D eigenvalue weighted by atomic mass is 10.2. The molecule has 1 aromatic carbocycles. The molecule has 1 fully saturated rings. The van der Waals surface area contributed by atoms with Gasteiger partial charge in [0.25, 0.3) is 5.91 Å². The highest BCUT2D eigenvalue weighted by molar-refractivity contribution is 6.06. The van der Waals surface area contributed by atoms with Gasteiger partial charge >= 0.3 is 0 Å². The summed E-state index contributed by atoms with van der Waals surface area (Å²) in [5, 5.41) is 3.04. The standard InChI is InChI=1S/C12H14N2O3/c1-14-11(15)7-10(12(14)16)13-8-3-5-9(17-2)6-4-8/h3-6,10,13H,7H2,1-2H3/t10-/m1/s1. The molecule has 1 atom stereocenters. The summed E-state index contributed by atoms with van der Waals surface area (Å²) in [5.74, 6) is 0.410. The monoisotopic (exact) mass is 234 g/mol. The van der Waals surface area contributed by atoms with Gasteiger partial charge in [0.05, 0.1) is 13.5 Å². The molecule has 2 rings (SSSR count). The van der Waals surface area contributed by atoms with Crippen molar-refractivity contribution in [2.24, 2.45) is 0 Å². The number of likely N-dealkylation sites (tertiary alicyclic amines) is 1. The fourth-order valence-electron chi connectivity index (χ4n) is 1.76. The van der Waals surface area contributed by atoms with Crippen LogP contribution < -0.4 is 10.1 Å². The molecule has 0 aliphatic carbocycles. The second-order valence-corrected chi connectivity index (χ2v) is 3.92. The van der Waals surface area contributed by atoms with Gasteiger partial charge in [-0.3, -0.25) is 14.5 Å². The Morgan fingerprint density at radius 1 is 1.29 bits per heavy atom. The lowest BCUT2D eigenvalue weighted by Crippen LogP contribution is -2.31. The van der Waals surface area contributed by atoms with Crippen LogP contribution in [-0.2, 0) is 9.59 Å². The number of ether oxygens (including phenoxy) is 1. The molecule has 1 heterocycles. The normalized spacial score (nSPS) is 19.6. The Labute approximate surface area is 99.4 Å². The van der Waals surface area contributed by atoms with E-state index in [1.54, 1.807) is 19.2 Å². The van der Waals surface area contributed by atoms with Gasteiger partial charge < -0.3 is 10.1 Å². The highest BCUT2D eigenvalue weighted by Gasteiger charge is 2.35. The molecular formula is C12H14N2O3. The number of carbonyl (C=O) groups is 2. The van der Waals surface area contributed by atoms with E-state index in [1.807, 2.05) is 12.1 Å². The molecular weight excluding hydrogens is 220 g/mol. The number of carbonyl (C=O) groups excluding carboxylic acids is 2. The lowest BCUT2D eigenvalue weighted by Gasteiger charge is -2.12. The molecule has 1 saturated heterocycles. The van der Waals surface area contributed by atoms with E-state index in [4.69, 9.17) is 4.74 Å². The molecule has 0 unspecified atom stereocenters. The minimum Gasteiger partial charge on any atom is -0.497 e. The zero-order chi connectivity index (χ0) is 12.4. The van der Waals surface area contributed by atoms with Crippen LogP contribution >= 0.6 is 0 Å². The third kappa shape index (κ3) is 2.22. The van der Waals surface area contributed by atoms with Gasteiger partial charge in [-0.05, 0) is 24.3 Å². The average molecular weight is 234 g/mol. The summed E-state index contributed by atoms with van der Waals surface area (Å²) in [4.78, 5) is 24.1. The van der Waals surface area contributed by atoms with Gasteiger partial charge in [-0.15, -0.1) is 0 Å². The number of nitrogens with one attached hydrogen (secondary N) is 1. The molecule has 5 nitrogen and oxygen atoms in total. The maximum atomic E-state index is 11.7. The van der Waals surface area contributed by atoms with E-state index in [0.29, 0.717) is 0 Å². The van der Waals surface area contributed by atoms with Crippen molar-refractivity contribution < 1.29 is 14.3 Å². The summed E-state index contributed by atoms with van der Waals surface area (Å²) in [6.07, 6.45) is 0.210. The van der Waals surface area contributed by atoms with Gasteiger partial charge in [0.2, 0.25) is 5.91 Å². The zero-order valence-corrected chi connectivity index (χ0v) is 9.77. The van der Waals surface area contributed by atoms with E-state index >= 15 is 0 Å². The molecule has 5 heteroatoms. The molecule has 90 valence electrons. The van der Waals surface area contributed by atoms with Gasteiger partial charge in [0.1, 0.15) is 11.8 Å². The SMILES string of the molecule is COc1ccc(N[C@@H]2CC(=O)N(C)C2=O)cc1. The van der Waals surface area contributed by atoms with Crippen molar-refractivity contribution in [3.63, 3.8) is 0 Å². The first-order valence-corrected chi connectivity index (χ1v) is 5.33. The Bertz CT molecular complexity index is 442. The maximum absolute atomic E-state index is 11.7. The van der Waals surface area contributed by atoms with Crippen molar-refractivity contribution in [3.05, 3.63) is 24.3 Å². The largest absolute Gasteiger partial charge is 0.497 e. The average Bonchev–Trinajstić information content (AvgIpc) is 2.58. The first kappa shape index (κ1) is 11.4. The summed E-state index contributed by atoms with van der Waals surface area (Å²) in [5.41, 5.74) is 0.798. The Balaban J connectivity index is 2.06. The fourth-order valence-corrected chi connectivity index (χ4v) is 1.76. The quantitative estimate of drug-likeness (QED) is 0.788. The Kier molecular flexibility index (Phi) is 2.99. The van der Waals surface area contributed by atoms with Crippen LogP contribution in [0.15, 0.2) is 24.3 Å². The van der Waals surface area contributed by atoms with Crippen LogP contribution in [0.5, 0.6) is 5.75 Å². The smallest absolute Gasteiger partial charge is 0.251 e. The number of likely N-dealkylation sites (N-methyl/N-ethyl adjacent to an activating group) is 1. The number of imide groups is 1. The Hall–Kier alpha value is -2.04. The van der Waals surface area contributed by atoms with E-state index in [2.05, 4.69) is 5.32 Å². The first-order valence-electron chi connectivity index (χ1n) is 5.33. The number of hydrogen-bond donors (Lipinski definition) is 1. The number of anilines is 1. The van der Waals surface area contributed by atoms with Crippen molar-refractivity contribution in [2.45, 2.75) is 12.5 Å². The molecule has 1 aromatic rings. The van der Waals surface area contributed by atoms with Crippen LogP contribution in [0.1, 0.15) is 6.42 Å². The third-order valence-corrected chi connectivity index (χ3v) is 2.81. The Morgan fingerprint density at radius 3 is 2.41 bits per heavy atom.